The third-order valence-electron chi connectivity index (χ3n) is 19.7. The standard InChI is InChI=1S/C53H28F78Si2/c54-18(55,24(66,67)30(78,79)36(90,91)42(102,103)48(114,115)116)3-9-132(10-4-19(56,57)25(68,69)31(80,81)37(92,93)43(104,105)49(117,118)119,11-5-20(58,59)26(70,71)32(82,83)38(94,95)44(106,107)50(120,121)122)16-1-2-17(15-16)133(12-6-21(60,61)27(72,73)33(84,85)39(96,97)45(108,109)51(123,124)125,13-7-22(62,63)28(74,75)34(86,87)40(98,99)46(110,111)52(126,127)128)14-8-23(64,65)29(76,77)35(88,89)41(100,101)47(112,113)53(129,130)131/h1,15H,2-14H2. The van der Waals surface area contributed by atoms with Crippen LogP contribution in [0.4, 0.5) is 342 Å². The zero-order chi connectivity index (χ0) is 109. The minimum Gasteiger partial charge on any atom is -0.200 e. The van der Waals surface area contributed by atoms with E-state index in [1.807, 2.05) is 0 Å². The number of alkyl halides is 78. The Morgan fingerprint density at radius 1 is 0.143 bits per heavy atom. The van der Waals surface area contributed by atoms with Gasteiger partial charge in [0.15, 0.2) is 0 Å². The smallest absolute Gasteiger partial charge is 0.200 e. The molecule has 133 heavy (non-hydrogen) atoms. The Kier molecular flexibility index (Phi) is 31.7. The first-order valence-corrected chi connectivity index (χ1v) is 36.9. The van der Waals surface area contributed by atoms with Crippen LogP contribution in [0.5, 0.6) is 0 Å². The van der Waals surface area contributed by atoms with Crippen LogP contribution in [0.2, 0.25) is 36.3 Å². The molecule has 0 aliphatic heterocycles. The van der Waals surface area contributed by atoms with Gasteiger partial charge in [-0.1, -0.05) is 22.5 Å². The van der Waals surface area contributed by atoms with Crippen molar-refractivity contribution in [2.45, 2.75) is 296 Å². The van der Waals surface area contributed by atoms with Crippen molar-refractivity contribution in [1.29, 1.82) is 0 Å². The summed E-state index contributed by atoms with van der Waals surface area (Å²) in [5.41, 5.74) is 0. The molecule has 0 aromatic heterocycles. The van der Waals surface area contributed by atoms with Crippen LogP contribution in [0.15, 0.2) is 22.5 Å². The first-order valence-electron chi connectivity index (χ1n) is 31.6. The maximum atomic E-state index is 16.0. The molecule has 0 fully saturated rings. The van der Waals surface area contributed by atoms with Crippen LogP contribution in [0.1, 0.15) is 44.9 Å². The minimum absolute atomic E-state index is 1.90. The van der Waals surface area contributed by atoms with Gasteiger partial charge in [0.05, 0.1) is 16.1 Å². The van der Waals surface area contributed by atoms with Crippen LogP contribution < -0.4 is 0 Å². The molecule has 0 radical (unpaired) electrons. The van der Waals surface area contributed by atoms with Gasteiger partial charge in [-0.2, -0.15) is 342 Å². The molecule has 1 aliphatic carbocycles. The van der Waals surface area contributed by atoms with Crippen LogP contribution in [0, 0.1) is 0 Å². The van der Waals surface area contributed by atoms with Gasteiger partial charge in [0.1, 0.15) is 0 Å². The maximum absolute atomic E-state index is 16.0. The molecular weight excluding hydrogens is 2170 g/mol. The molecule has 0 spiro atoms. The lowest BCUT2D eigenvalue weighted by Gasteiger charge is -2.44. The molecule has 0 aromatic rings. The molecule has 794 valence electrons. The fourth-order valence-electron chi connectivity index (χ4n) is 11.1. The minimum atomic E-state index is -9.83. The number of allylic oxidation sites excluding steroid dienone is 4. The van der Waals surface area contributed by atoms with Crippen molar-refractivity contribution >= 4 is 16.1 Å². The van der Waals surface area contributed by atoms with Gasteiger partial charge in [-0.25, -0.2) is 0 Å². The Hall–Kier alpha value is -5.55. The zero-order valence-corrected chi connectivity index (χ0v) is 61.8. The van der Waals surface area contributed by atoms with Crippen molar-refractivity contribution in [3.8, 4) is 0 Å². The first kappa shape index (κ1) is 125. The molecule has 0 heterocycles. The van der Waals surface area contributed by atoms with Crippen LogP contribution in [0.3, 0.4) is 0 Å². The summed E-state index contributed by atoms with van der Waals surface area (Å²) in [7, 11) is -18.6. The molecule has 0 amide bonds. The number of hydrogen-bond donors (Lipinski definition) is 0. The molecule has 0 unspecified atom stereocenters. The number of halogens is 78. The molecule has 0 N–H and O–H groups in total. The molecule has 1 rings (SSSR count). The van der Waals surface area contributed by atoms with Gasteiger partial charge in [-0.3, -0.25) is 0 Å². The van der Waals surface area contributed by atoms with Gasteiger partial charge in [-0.15, -0.1) is 0 Å². The fourth-order valence-corrected chi connectivity index (χ4v) is 21.3. The highest BCUT2D eigenvalue weighted by Crippen LogP contribution is 2.71. The highest BCUT2D eigenvalue weighted by Gasteiger charge is 2.98. The van der Waals surface area contributed by atoms with Crippen molar-refractivity contribution in [2.75, 3.05) is 0 Å². The van der Waals surface area contributed by atoms with Gasteiger partial charge in [0.2, 0.25) is 0 Å². The summed E-state index contributed by atoms with van der Waals surface area (Å²) >= 11 is 0. The van der Waals surface area contributed by atoms with Crippen molar-refractivity contribution in [3.63, 3.8) is 0 Å². The average molecular weight is 2200 g/mol. The summed E-state index contributed by atoms with van der Waals surface area (Å²) in [6.07, 6.45) is -93.3. The molecule has 0 saturated carbocycles. The third kappa shape index (κ3) is 18.3. The van der Waals surface area contributed by atoms with E-state index in [0.29, 0.717) is 0 Å². The van der Waals surface area contributed by atoms with Crippen LogP contribution in [0.25, 0.3) is 0 Å². The van der Waals surface area contributed by atoms with E-state index >= 15 is 105 Å². The van der Waals surface area contributed by atoms with E-state index in [0.717, 1.165) is 0 Å². The molecule has 80 heteroatoms. The lowest BCUT2D eigenvalue weighted by Crippen LogP contribution is -2.70. The van der Waals surface area contributed by atoms with Crippen molar-refractivity contribution < 1.29 is 342 Å². The Labute approximate surface area is 677 Å². The van der Waals surface area contributed by atoms with E-state index in [9.17, 15) is 237 Å². The third-order valence-corrected chi connectivity index (χ3v) is 30.2. The summed E-state index contributed by atoms with van der Waals surface area (Å²) in [5.74, 6) is -284. The second-order valence-corrected chi connectivity index (χ2v) is 37.4. The zero-order valence-electron chi connectivity index (χ0n) is 59.8. The second kappa shape index (κ2) is 33.6. The van der Waals surface area contributed by atoms with Gasteiger partial charge >= 0.3 is 215 Å². The van der Waals surface area contributed by atoms with Gasteiger partial charge in [0, 0.05) is 38.5 Å². The van der Waals surface area contributed by atoms with Crippen LogP contribution in [-0.2, 0) is 0 Å². The van der Waals surface area contributed by atoms with Crippen LogP contribution in [-0.4, -0.2) is 231 Å². The SMILES string of the molecule is FC(F)(F)C(F)(F)C(F)(F)C(F)(F)C(F)(F)C(F)(F)CC[Si](CCC(F)(F)C(F)(F)C(F)(F)C(F)(F)C(F)(F)C(F)(F)F)(CCC(F)(F)C(F)(F)C(F)(F)C(F)(F)C(F)(F)C(F)(F)F)C1=CCC([Si](CCC(F)(F)C(F)(F)C(F)(F)C(F)(F)C(F)(F)C(F)(F)F)(CCC(F)(F)C(F)(F)C(F)(F)C(F)(F)C(F)(F)C(F)(F)F)CCC(F)(F)C(F)(F)C(F)(F)C(F)(F)C(F)(F)C(F)(F)F)=C1. The molecule has 0 atom stereocenters. The van der Waals surface area contributed by atoms with Crippen molar-refractivity contribution in [3.05, 3.63) is 22.5 Å². The summed E-state index contributed by atoms with van der Waals surface area (Å²) in [4.78, 5) is 0. The van der Waals surface area contributed by atoms with E-state index in [1.165, 1.54) is 0 Å². The summed E-state index contributed by atoms with van der Waals surface area (Å²) in [6, 6.07) is -29.0. The maximum Gasteiger partial charge on any atom is 0.460 e. The Morgan fingerprint density at radius 2 is 0.248 bits per heavy atom. The van der Waals surface area contributed by atoms with E-state index in [2.05, 4.69) is 0 Å². The topological polar surface area (TPSA) is 0 Å². The summed E-state index contributed by atoms with van der Waals surface area (Å²) < 4.78 is 1130. The van der Waals surface area contributed by atoms with Crippen LogP contribution >= 0.6 is 0 Å². The Morgan fingerprint density at radius 3 is 0.361 bits per heavy atom. The largest absolute Gasteiger partial charge is 0.460 e. The highest BCUT2D eigenvalue weighted by atomic mass is 28.3. The Balaban J connectivity index is 6.16. The van der Waals surface area contributed by atoms with Gasteiger partial charge < -0.3 is 0 Å². The molecule has 0 bridgehead atoms. The normalized spacial score (nSPS) is 17.5. The van der Waals surface area contributed by atoms with E-state index in [1.54, 1.807) is 0 Å². The predicted molar refractivity (Wildman–Crippen MR) is 274 cm³/mol. The average Bonchev–Trinajstić information content (AvgIpc) is 1.21. The quantitative estimate of drug-likeness (QED) is 0.0421. The molecule has 0 nitrogen and oxygen atoms in total. The van der Waals surface area contributed by atoms with Crippen molar-refractivity contribution in [2.24, 2.45) is 0 Å². The molecule has 0 saturated heterocycles. The summed E-state index contributed by atoms with van der Waals surface area (Å²) in [6.45, 7) is 0. The Bertz CT molecular complexity index is 3690. The van der Waals surface area contributed by atoms with Gasteiger partial charge in [-0.05, 0) is 42.7 Å². The first-order chi connectivity index (χ1) is 56.5. The fraction of sp³-hybridized carbons (Fsp3) is 0.925. The van der Waals surface area contributed by atoms with E-state index < -0.39 is 335 Å². The van der Waals surface area contributed by atoms with E-state index in [4.69, 9.17) is 0 Å². The molecular formula is C53H28F78Si2. The monoisotopic (exact) mass is 2200 g/mol. The molecule has 0 aromatic carbocycles. The predicted octanol–water partition coefficient (Wildman–Crippen LogP) is 31.0. The number of rotatable bonds is 44. The second-order valence-electron chi connectivity index (χ2n) is 28.1. The lowest BCUT2D eigenvalue weighted by molar-refractivity contribution is -0.440. The van der Waals surface area contributed by atoms with Gasteiger partial charge in [0.25, 0.3) is 0 Å². The van der Waals surface area contributed by atoms with E-state index in [-0.39, 0.29) is 0 Å². The van der Waals surface area contributed by atoms with Crippen molar-refractivity contribution in [1.82, 2.24) is 0 Å². The summed E-state index contributed by atoms with van der Waals surface area (Å²) in [5, 5.41) is -7.75. The molecule has 1 aliphatic rings. The lowest BCUT2D eigenvalue weighted by atomic mass is 9.93. The highest BCUT2D eigenvalue weighted by molar-refractivity contribution is 6.89. The number of hydrogen-bond acceptors (Lipinski definition) is 0.